The van der Waals surface area contributed by atoms with Gasteiger partial charge in [0.15, 0.2) is 9.84 Å². The Morgan fingerprint density at radius 2 is 2.07 bits per heavy atom. The SMILES string of the molecule is COCCS(=O)(=O)c1cccc(C)c1N. The number of rotatable bonds is 4. The van der Waals surface area contributed by atoms with Gasteiger partial charge in [-0.1, -0.05) is 12.1 Å². The normalized spacial score (nSPS) is 11.6. The van der Waals surface area contributed by atoms with Crippen molar-refractivity contribution >= 4 is 15.5 Å². The van der Waals surface area contributed by atoms with Crippen LogP contribution in [0.5, 0.6) is 0 Å². The Kier molecular flexibility index (Phi) is 3.71. The molecule has 15 heavy (non-hydrogen) atoms. The molecule has 0 aliphatic heterocycles. The Hall–Kier alpha value is -1.07. The lowest BCUT2D eigenvalue weighted by molar-refractivity contribution is 0.217. The number of benzene rings is 1. The molecule has 0 spiro atoms. The summed E-state index contributed by atoms with van der Waals surface area (Å²) < 4.78 is 28.4. The molecule has 0 saturated heterocycles. The van der Waals surface area contributed by atoms with Crippen LogP contribution in [0.15, 0.2) is 23.1 Å². The number of para-hydroxylation sites is 1. The molecule has 1 rings (SSSR count). The first-order valence-corrected chi connectivity index (χ1v) is 6.21. The monoisotopic (exact) mass is 229 g/mol. The number of anilines is 1. The summed E-state index contributed by atoms with van der Waals surface area (Å²) in [4.78, 5) is 0.194. The summed E-state index contributed by atoms with van der Waals surface area (Å²) in [5.41, 5.74) is 6.82. The van der Waals surface area contributed by atoms with Crippen molar-refractivity contribution in [1.82, 2.24) is 0 Å². The molecule has 0 atom stereocenters. The van der Waals surface area contributed by atoms with Crippen LogP contribution in [-0.2, 0) is 14.6 Å². The Balaban J connectivity index is 3.10. The average molecular weight is 229 g/mol. The Morgan fingerprint density at radius 3 is 2.67 bits per heavy atom. The van der Waals surface area contributed by atoms with Gasteiger partial charge in [-0.25, -0.2) is 8.42 Å². The molecule has 0 aliphatic carbocycles. The first-order valence-electron chi connectivity index (χ1n) is 4.56. The van der Waals surface area contributed by atoms with E-state index in [1.165, 1.54) is 13.2 Å². The predicted octanol–water partition coefficient (Wildman–Crippen LogP) is 0.997. The minimum atomic E-state index is -3.33. The van der Waals surface area contributed by atoms with Crippen molar-refractivity contribution < 1.29 is 13.2 Å². The van der Waals surface area contributed by atoms with Gasteiger partial charge in [-0.15, -0.1) is 0 Å². The van der Waals surface area contributed by atoms with E-state index in [0.29, 0.717) is 5.69 Å². The summed E-state index contributed by atoms with van der Waals surface area (Å²) in [7, 11) is -1.86. The molecule has 0 bridgehead atoms. The minimum absolute atomic E-state index is 0.0445. The van der Waals surface area contributed by atoms with Gasteiger partial charge in [0, 0.05) is 7.11 Å². The van der Waals surface area contributed by atoms with Crippen LogP contribution in [-0.4, -0.2) is 27.9 Å². The van der Waals surface area contributed by atoms with E-state index < -0.39 is 9.84 Å². The van der Waals surface area contributed by atoms with Crippen LogP contribution in [0, 0.1) is 6.92 Å². The lowest BCUT2D eigenvalue weighted by atomic mass is 10.2. The van der Waals surface area contributed by atoms with Crippen LogP contribution in [0.3, 0.4) is 0 Å². The third-order valence-corrected chi connectivity index (χ3v) is 3.91. The molecule has 0 aromatic heterocycles. The Bertz CT molecular complexity index is 440. The number of sulfone groups is 1. The smallest absolute Gasteiger partial charge is 0.182 e. The van der Waals surface area contributed by atoms with Crippen molar-refractivity contribution in [3.05, 3.63) is 23.8 Å². The molecule has 0 radical (unpaired) electrons. The van der Waals surface area contributed by atoms with Gasteiger partial charge in [0.05, 0.1) is 22.9 Å². The van der Waals surface area contributed by atoms with Gasteiger partial charge in [-0.05, 0) is 18.6 Å². The second-order valence-electron chi connectivity index (χ2n) is 3.30. The van der Waals surface area contributed by atoms with Crippen LogP contribution >= 0.6 is 0 Å². The standard InChI is InChI=1S/C10H15NO3S/c1-8-4-3-5-9(10(8)11)15(12,13)7-6-14-2/h3-5H,6-7,11H2,1-2H3. The third kappa shape index (κ3) is 2.70. The molecule has 4 nitrogen and oxygen atoms in total. The summed E-state index contributed by atoms with van der Waals surface area (Å²) in [6.07, 6.45) is 0. The fourth-order valence-corrected chi connectivity index (χ4v) is 2.62. The largest absolute Gasteiger partial charge is 0.397 e. The van der Waals surface area contributed by atoms with Crippen molar-refractivity contribution in [3.63, 3.8) is 0 Å². The number of methoxy groups -OCH3 is 1. The molecule has 0 aliphatic rings. The molecule has 0 saturated carbocycles. The highest BCUT2D eigenvalue weighted by molar-refractivity contribution is 7.91. The van der Waals surface area contributed by atoms with E-state index in [1.54, 1.807) is 19.1 Å². The number of nitrogens with two attached hydrogens (primary N) is 1. The molecule has 84 valence electrons. The minimum Gasteiger partial charge on any atom is -0.397 e. The Morgan fingerprint density at radius 1 is 1.40 bits per heavy atom. The molecular formula is C10H15NO3S. The fraction of sp³-hybridized carbons (Fsp3) is 0.400. The van der Waals surface area contributed by atoms with Crippen LogP contribution < -0.4 is 5.73 Å². The first-order chi connectivity index (χ1) is 6.99. The molecule has 0 unspecified atom stereocenters. The molecule has 1 aromatic rings. The summed E-state index contributed by atoms with van der Waals surface area (Å²) in [5, 5.41) is 0. The van der Waals surface area contributed by atoms with Gasteiger partial charge in [0.1, 0.15) is 0 Å². The highest BCUT2D eigenvalue weighted by Crippen LogP contribution is 2.22. The van der Waals surface area contributed by atoms with Crippen LogP contribution in [0.4, 0.5) is 5.69 Å². The van der Waals surface area contributed by atoms with E-state index in [2.05, 4.69) is 0 Å². The lowest BCUT2D eigenvalue weighted by Gasteiger charge is -2.08. The molecule has 1 aromatic carbocycles. The van der Waals surface area contributed by atoms with Crippen LogP contribution in [0.25, 0.3) is 0 Å². The zero-order valence-electron chi connectivity index (χ0n) is 8.86. The van der Waals surface area contributed by atoms with Crippen molar-refractivity contribution in [2.45, 2.75) is 11.8 Å². The second kappa shape index (κ2) is 4.63. The number of aryl methyl sites for hydroxylation is 1. The van der Waals surface area contributed by atoms with Crippen molar-refractivity contribution in [3.8, 4) is 0 Å². The highest BCUT2D eigenvalue weighted by Gasteiger charge is 2.17. The van der Waals surface area contributed by atoms with Crippen LogP contribution in [0.1, 0.15) is 5.56 Å². The number of nitrogen functional groups attached to an aromatic ring is 1. The predicted molar refractivity (Wildman–Crippen MR) is 59.5 cm³/mol. The van der Waals surface area contributed by atoms with E-state index in [0.717, 1.165) is 5.56 Å². The zero-order chi connectivity index (χ0) is 11.5. The number of ether oxygens (including phenoxy) is 1. The van der Waals surface area contributed by atoms with Crippen LogP contribution in [0.2, 0.25) is 0 Å². The first kappa shape index (κ1) is 12.0. The Labute approximate surface area is 90.0 Å². The van der Waals surface area contributed by atoms with Crippen molar-refractivity contribution in [2.24, 2.45) is 0 Å². The summed E-state index contributed by atoms with van der Waals surface area (Å²) in [6.45, 7) is 1.96. The quantitative estimate of drug-likeness (QED) is 0.782. The van der Waals surface area contributed by atoms with Crippen molar-refractivity contribution in [1.29, 1.82) is 0 Å². The lowest BCUT2D eigenvalue weighted by Crippen LogP contribution is -2.13. The van der Waals surface area contributed by atoms with Gasteiger partial charge in [0.25, 0.3) is 0 Å². The average Bonchev–Trinajstić information content (AvgIpc) is 2.19. The van der Waals surface area contributed by atoms with Gasteiger partial charge in [-0.2, -0.15) is 0 Å². The summed E-state index contributed by atoms with van der Waals surface area (Å²) in [6, 6.07) is 4.99. The number of hydrogen-bond donors (Lipinski definition) is 1. The summed E-state index contributed by atoms with van der Waals surface area (Å²) >= 11 is 0. The molecule has 5 heteroatoms. The summed E-state index contributed by atoms with van der Waals surface area (Å²) in [5.74, 6) is -0.0445. The van der Waals surface area contributed by atoms with E-state index in [9.17, 15) is 8.42 Å². The molecule has 0 heterocycles. The van der Waals surface area contributed by atoms with E-state index in [-0.39, 0.29) is 17.3 Å². The maximum absolute atomic E-state index is 11.8. The zero-order valence-corrected chi connectivity index (χ0v) is 9.67. The maximum atomic E-state index is 11.8. The molecule has 0 amide bonds. The van der Waals surface area contributed by atoms with Gasteiger partial charge in [0.2, 0.25) is 0 Å². The van der Waals surface area contributed by atoms with Gasteiger partial charge >= 0.3 is 0 Å². The highest BCUT2D eigenvalue weighted by atomic mass is 32.2. The maximum Gasteiger partial charge on any atom is 0.182 e. The topological polar surface area (TPSA) is 69.4 Å². The molecule has 0 fully saturated rings. The van der Waals surface area contributed by atoms with Gasteiger partial charge < -0.3 is 10.5 Å². The van der Waals surface area contributed by atoms with E-state index in [4.69, 9.17) is 10.5 Å². The molecular weight excluding hydrogens is 214 g/mol. The second-order valence-corrected chi connectivity index (χ2v) is 5.38. The number of hydrogen-bond acceptors (Lipinski definition) is 4. The third-order valence-electron chi connectivity index (χ3n) is 2.18. The van der Waals surface area contributed by atoms with E-state index >= 15 is 0 Å². The fourth-order valence-electron chi connectivity index (χ4n) is 1.23. The molecule has 2 N–H and O–H groups in total. The van der Waals surface area contributed by atoms with E-state index in [1.807, 2.05) is 0 Å². The van der Waals surface area contributed by atoms with Crippen molar-refractivity contribution in [2.75, 3.05) is 25.2 Å². The van der Waals surface area contributed by atoms with Gasteiger partial charge in [-0.3, -0.25) is 0 Å².